The summed E-state index contributed by atoms with van der Waals surface area (Å²) in [6.07, 6.45) is 2.16. The van der Waals surface area contributed by atoms with Gasteiger partial charge in [0.15, 0.2) is 0 Å². The smallest absolute Gasteiger partial charge is 0.327 e. The predicted molar refractivity (Wildman–Crippen MR) is 64.9 cm³/mol. The minimum Gasteiger partial charge on any atom is -0.478 e. The van der Waals surface area contributed by atoms with Crippen LogP contribution in [0, 0.1) is 0 Å². The summed E-state index contributed by atoms with van der Waals surface area (Å²) in [5, 5.41) is 8.36. The molecule has 1 rings (SSSR count). The number of carboxylic acid groups (broad SMARTS) is 1. The Morgan fingerprint density at radius 2 is 1.71 bits per heavy atom. The first-order valence-corrected chi connectivity index (χ1v) is 5.91. The molecule has 0 fully saturated rings. The van der Waals surface area contributed by atoms with E-state index in [-0.39, 0.29) is 0 Å². The van der Waals surface area contributed by atoms with Crippen LogP contribution in [-0.2, 0) is 14.9 Å². The highest BCUT2D eigenvalue weighted by Gasteiger charge is 1.94. The zero-order valence-corrected chi connectivity index (χ0v) is 9.67. The van der Waals surface area contributed by atoms with Crippen LogP contribution < -0.4 is 0 Å². The molecule has 0 saturated heterocycles. The van der Waals surface area contributed by atoms with E-state index in [0.29, 0.717) is 0 Å². The third kappa shape index (κ3) is 10.4. The summed E-state index contributed by atoms with van der Waals surface area (Å²) >= 11 is 0. The van der Waals surface area contributed by atoms with Crippen molar-refractivity contribution >= 4 is 22.2 Å². The second-order valence-electron chi connectivity index (χ2n) is 2.77. The molecule has 17 heavy (non-hydrogen) atoms. The van der Waals surface area contributed by atoms with E-state index in [1.165, 1.54) is 6.08 Å². The summed E-state index contributed by atoms with van der Waals surface area (Å²) in [6, 6.07) is 8.86. The highest BCUT2D eigenvalue weighted by Crippen LogP contribution is 2.01. The van der Waals surface area contributed by atoms with Gasteiger partial charge in [-0.15, -0.1) is 0 Å². The van der Waals surface area contributed by atoms with E-state index < -0.39 is 16.1 Å². The monoisotopic (exact) mass is 256 g/mol. The van der Waals surface area contributed by atoms with Gasteiger partial charge in [0.05, 0.1) is 5.41 Å². The number of benzene rings is 1. The summed E-state index contributed by atoms with van der Waals surface area (Å²) in [4.78, 5) is 9.25. The molecule has 0 bridgehead atoms. The Bertz CT molecular complexity index is 488. The van der Waals surface area contributed by atoms with Crippen LogP contribution in [-0.4, -0.2) is 24.0 Å². The van der Waals surface area contributed by atoms with E-state index in [1.54, 1.807) is 24.3 Å². The Labute approximate surface area is 99.5 Å². The third-order valence-electron chi connectivity index (χ3n) is 1.41. The molecule has 92 valence electrons. The van der Waals surface area contributed by atoms with Gasteiger partial charge >= 0.3 is 5.97 Å². The number of carboxylic acids is 1. The second kappa shape index (κ2) is 7.37. The topological polar surface area (TPSA) is 91.7 Å². The van der Waals surface area contributed by atoms with Crippen LogP contribution in [0.4, 0.5) is 0 Å². The van der Waals surface area contributed by atoms with Gasteiger partial charge in [0.1, 0.15) is 0 Å². The number of rotatable bonds is 3. The lowest BCUT2D eigenvalue weighted by Gasteiger charge is -1.89. The van der Waals surface area contributed by atoms with E-state index >= 15 is 0 Å². The Morgan fingerprint density at radius 1 is 1.24 bits per heavy atom. The number of aliphatic carboxylic acids is 1. The summed E-state index contributed by atoms with van der Waals surface area (Å²) in [7, 11) is -4.00. The standard InChI is InChI=1S/C8H8O3S.C3H4O2/c9-12(10,11)7-6-8-4-2-1-3-5-8;1-2-3(4)5/h1-7H,(H,9,10,11);2H,1H2,(H,4,5)/b7-6+;. The predicted octanol–water partition coefficient (Wildman–Crippen LogP) is 1.80. The van der Waals surface area contributed by atoms with Crippen molar-refractivity contribution in [3.05, 3.63) is 54.0 Å². The molecule has 0 unspecified atom stereocenters. The average Bonchev–Trinajstić information content (AvgIpc) is 2.28. The van der Waals surface area contributed by atoms with Gasteiger partial charge in [-0.25, -0.2) is 4.79 Å². The van der Waals surface area contributed by atoms with Crippen molar-refractivity contribution in [2.24, 2.45) is 0 Å². The van der Waals surface area contributed by atoms with Gasteiger partial charge in [0.25, 0.3) is 10.1 Å². The maximum absolute atomic E-state index is 10.3. The molecule has 0 aliphatic heterocycles. The van der Waals surface area contributed by atoms with E-state index in [4.69, 9.17) is 9.66 Å². The molecular formula is C11H12O5S. The number of hydrogen-bond acceptors (Lipinski definition) is 3. The van der Waals surface area contributed by atoms with Gasteiger partial charge in [0, 0.05) is 6.08 Å². The van der Waals surface area contributed by atoms with Crippen molar-refractivity contribution in [1.82, 2.24) is 0 Å². The molecule has 5 nitrogen and oxygen atoms in total. The Balaban J connectivity index is 0.000000437. The van der Waals surface area contributed by atoms with Crippen LogP contribution in [0.2, 0.25) is 0 Å². The lowest BCUT2D eigenvalue weighted by atomic mass is 10.2. The van der Waals surface area contributed by atoms with Gasteiger partial charge < -0.3 is 5.11 Å². The fourth-order valence-corrected chi connectivity index (χ4v) is 1.06. The van der Waals surface area contributed by atoms with Crippen molar-refractivity contribution in [1.29, 1.82) is 0 Å². The van der Waals surface area contributed by atoms with Gasteiger partial charge in [-0.05, 0) is 11.6 Å². The zero-order chi connectivity index (χ0) is 13.3. The van der Waals surface area contributed by atoms with Crippen LogP contribution in [0.1, 0.15) is 5.56 Å². The molecule has 0 amide bonds. The molecule has 0 saturated carbocycles. The number of hydrogen-bond donors (Lipinski definition) is 2. The second-order valence-corrected chi connectivity index (χ2v) is 4.07. The highest BCUT2D eigenvalue weighted by molar-refractivity contribution is 7.88. The van der Waals surface area contributed by atoms with Crippen molar-refractivity contribution < 1.29 is 22.9 Å². The van der Waals surface area contributed by atoms with Gasteiger partial charge in [0.2, 0.25) is 0 Å². The third-order valence-corrected chi connectivity index (χ3v) is 1.89. The van der Waals surface area contributed by atoms with Crippen LogP contribution in [0.25, 0.3) is 6.08 Å². The SMILES string of the molecule is C=CC(=O)O.O=S(=O)(O)/C=C/c1ccccc1. The van der Waals surface area contributed by atoms with Crippen molar-refractivity contribution in [2.75, 3.05) is 0 Å². The first-order chi connectivity index (χ1) is 7.85. The molecule has 6 heteroatoms. The molecule has 1 aromatic carbocycles. The number of carbonyl (C=O) groups is 1. The van der Waals surface area contributed by atoms with E-state index in [2.05, 4.69) is 6.58 Å². The maximum Gasteiger partial charge on any atom is 0.327 e. The van der Waals surface area contributed by atoms with E-state index in [0.717, 1.165) is 17.0 Å². The van der Waals surface area contributed by atoms with Gasteiger partial charge in [-0.1, -0.05) is 36.9 Å². The average molecular weight is 256 g/mol. The normalized spacial score (nSPS) is 10.4. The van der Waals surface area contributed by atoms with Crippen molar-refractivity contribution in [2.45, 2.75) is 0 Å². The molecule has 0 spiro atoms. The molecule has 0 radical (unpaired) electrons. The molecule has 0 aliphatic rings. The van der Waals surface area contributed by atoms with Crippen LogP contribution in [0.5, 0.6) is 0 Å². The molecule has 2 N–H and O–H groups in total. The molecule has 0 atom stereocenters. The quantitative estimate of drug-likeness (QED) is 0.635. The summed E-state index contributed by atoms with van der Waals surface area (Å²) in [5.41, 5.74) is 0.732. The lowest BCUT2D eigenvalue weighted by Crippen LogP contribution is -1.88. The zero-order valence-electron chi connectivity index (χ0n) is 8.85. The van der Waals surface area contributed by atoms with Gasteiger partial charge in [-0.2, -0.15) is 8.42 Å². The van der Waals surface area contributed by atoms with E-state index in [1.807, 2.05) is 6.07 Å². The van der Waals surface area contributed by atoms with Crippen LogP contribution in [0.3, 0.4) is 0 Å². The fraction of sp³-hybridized carbons (Fsp3) is 0. The molecular weight excluding hydrogens is 244 g/mol. The summed E-state index contributed by atoms with van der Waals surface area (Å²) in [6.45, 7) is 2.96. The summed E-state index contributed by atoms with van der Waals surface area (Å²) in [5.74, 6) is -0.981. The Hall–Kier alpha value is -1.92. The first kappa shape index (κ1) is 15.1. The minimum absolute atomic E-state index is 0.732. The molecule has 0 aromatic heterocycles. The molecule has 1 aromatic rings. The summed E-state index contributed by atoms with van der Waals surface area (Å²) < 4.78 is 28.9. The molecule has 0 heterocycles. The van der Waals surface area contributed by atoms with E-state index in [9.17, 15) is 13.2 Å². The first-order valence-electron chi connectivity index (χ1n) is 4.41. The van der Waals surface area contributed by atoms with Crippen molar-refractivity contribution in [3.8, 4) is 0 Å². The largest absolute Gasteiger partial charge is 0.478 e. The fourth-order valence-electron chi connectivity index (χ4n) is 0.729. The maximum atomic E-state index is 10.3. The van der Waals surface area contributed by atoms with Crippen molar-refractivity contribution in [3.63, 3.8) is 0 Å². The minimum atomic E-state index is -4.00. The van der Waals surface area contributed by atoms with Crippen LogP contribution in [0.15, 0.2) is 48.4 Å². The van der Waals surface area contributed by atoms with Gasteiger partial charge in [-0.3, -0.25) is 4.55 Å². The Kier molecular flexibility index (Phi) is 6.54. The lowest BCUT2D eigenvalue weighted by molar-refractivity contribution is -0.131. The van der Waals surface area contributed by atoms with Crippen LogP contribution >= 0.6 is 0 Å². The highest BCUT2D eigenvalue weighted by atomic mass is 32.2. The molecule has 0 aliphatic carbocycles. The Morgan fingerprint density at radius 3 is 2.06 bits per heavy atom.